The molecule has 0 unspecified atom stereocenters. The Hall–Kier alpha value is -3.12. The minimum Gasteiger partial charge on any atom is -0.366 e. The zero-order valence-corrected chi connectivity index (χ0v) is 15.7. The Bertz CT molecular complexity index is 1050. The lowest BCUT2D eigenvalue weighted by Gasteiger charge is -2.25. The first-order chi connectivity index (χ1) is 12.9. The molecule has 0 bridgehead atoms. The molecule has 0 heterocycles. The Balaban J connectivity index is 2.06. The van der Waals surface area contributed by atoms with Gasteiger partial charge in [-0.05, 0) is 54.4 Å². The maximum Gasteiger partial charge on any atom is 0.264 e. The normalized spacial score (nSPS) is 11.1. The Labute approximate surface area is 159 Å². The molecule has 0 aliphatic rings. The highest BCUT2D eigenvalue weighted by Gasteiger charge is 2.25. The van der Waals surface area contributed by atoms with Crippen molar-refractivity contribution in [3.63, 3.8) is 0 Å². The molecule has 0 fully saturated rings. The summed E-state index contributed by atoms with van der Waals surface area (Å²) in [5.41, 5.74) is 7.92. The van der Waals surface area contributed by atoms with Gasteiger partial charge in [0.1, 0.15) is 0 Å². The van der Waals surface area contributed by atoms with E-state index in [-0.39, 0.29) is 17.0 Å². The Kier molecular flexibility index (Phi) is 5.28. The maximum absolute atomic E-state index is 13.3. The highest BCUT2D eigenvalue weighted by molar-refractivity contribution is 7.92. The number of carbonyl (C=O) groups excluding carboxylic acids is 1. The van der Waals surface area contributed by atoms with Gasteiger partial charge in [-0.1, -0.05) is 42.5 Å². The highest BCUT2D eigenvalue weighted by atomic mass is 32.2. The third-order valence-corrected chi connectivity index (χ3v) is 5.97. The number of aryl methyl sites for hydroxylation is 1. The minimum absolute atomic E-state index is 0.102. The van der Waals surface area contributed by atoms with Crippen molar-refractivity contribution in [2.75, 3.05) is 4.31 Å². The number of sulfonamides is 1. The third kappa shape index (κ3) is 4.17. The van der Waals surface area contributed by atoms with Crippen molar-refractivity contribution < 1.29 is 13.2 Å². The van der Waals surface area contributed by atoms with E-state index in [4.69, 9.17) is 5.73 Å². The summed E-state index contributed by atoms with van der Waals surface area (Å²) in [6.07, 6.45) is 0. The summed E-state index contributed by atoms with van der Waals surface area (Å²) in [6.45, 7) is 2.11. The summed E-state index contributed by atoms with van der Waals surface area (Å²) in [5.74, 6) is -0.598. The van der Waals surface area contributed by atoms with Gasteiger partial charge in [-0.25, -0.2) is 8.42 Å². The van der Waals surface area contributed by atoms with Crippen LogP contribution >= 0.6 is 0 Å². The second-order valence-electron chi connectivity index (χ2n) is 6.22. The van der Waals surface area contributed by atoms with Crippen LogP contribution in [-0.2, 0) is 16.6 Å². The summed E-state index contributed by atoms with van der Waals surface area (Å²) >= 11 is 0. The smallest absolute Gasteiger partial charge is 0.264 e. The average Bonchev–Trinajstić information content (AvgIpc) is 2.67. The molecule has 0 spiro atoms. The molecule has 5 nitrogen and oxygen atoms in total. The Morgan fingerprint density at radius 1 is 0.926 bits per heavy atom. The fraction of sp³-hybridized carbons (Fsp3) is 0.0952. The van der Waals surface area contributed by atoms with Crippen LogP contribution in [0.25, 0.3) is 0 Å². The standard InChI is InChI=1S/C21H20N2O3S/c1-16-6-5-9-19(14-16)23(15-17-7-3-2-4-8-17)27(25,26)20-12-10-18(11-13-20)21(22)24/h2-14H,15H2,1H3,(H2,22,24). The van der Waals surface area contributed by atoms with E-state index in [1.54, 1.807) is 6.07 Å². The molecule has 2 N–H and O–H groups in total. The van der Waals surface area contributed by atoms with Crippen molar-refractivity contribution in [2.45, 2.75) is 18.4 Å². The zero-order chi connectivity index (χ0) is 19.4. The van der Waals surface area contributed by atoms with Crippen LogP contribution in [0.2, 0.25) is 0 Å². The third-order valence-electron chi connectivity index (χ3n) is 4.19. The summed E-state index contributed by atoms with van der Waals surface area (Å²) < 4.78 is 28.0. The van der Waals surface area contributed by atoms with Crippen LogP contribution in [0, 0.1) is 6.92 Å². The monoisotopic (exact) mass is 380 g/mol. The van der Waals surface area contributed by atoms with E-state index in [2.05, 4.69) is 0 Å². The predicted octanol–water partition coefficient (Wildman–Crippen LogP) is 3.49. The topological polar surface area (TPSA) is 80.5 Å². The molecule has 0 saturated carbocycles. The van der Waals surface area contributed by atoms with E-state index in [1.165, 1.54) is 28.6 Å². The molecule has 3 aromatic carbocycles. The molecule has 0 atom stereocenters. The molecule has 27 heavy (non-hydrogen) atoms. The molecule has 3 aromatic rings. The first kappa shape index (κ1) is 18.7. The van der Waals surface area contributed by atoms with Gasteiger partial charge in [0.05, 0.1) is 17.1 Å². The first-order valence-electron chi connectivity index (χ1n) is 8.41. The lowest BCUT2D eigenvalue weighted by molar-refractivity contribution is 0.1000. The molecule has 0 saturated heterocycles. The van der Waals surface area contributed by atoms with Crippen LogP contribution in [0.1, 0.15) is 21.5 Å². The zero-order valence-electron chi connectivity index (χ0n) is 14.9. The van der Waals surface area contributed by atoms with Crippen molar-refractivity contribution in [1.29, 1.82) is 0 Å². The van der Waals surface area contributed by atoms with Crippen molar-refractivity contribution in [3.05, 3.63) is 95.6 Å². The second-order valence-corrected chi connectivity index (χ2v) is 8.09. The van der Waals surface area contributed by atoms with Crippen LogP contribution in [0.3, 0.4) is 0 Å². The van der Waals surface area contributed by atoms with Crippen LogP contribution < -0.4 is 10.0 Å². The fourth-order valence-electron chi connectivity index (χ4n) is 2.77. The molecular formula is C21H20N2O3S. The van der Waals surface area contributed by atoms with E-state index in [0.717, 1.165) is 11.1 Å². The number of amides is 1. The van der Waals surface area contributed by atoms with Crippen LogP contribution in [-0.4, -0.2) is 14.3 Å². The van der Waals surface area contributed by atoms with E-state index >= 15 is 0 Å². The average molecular weight is 380 g/mol. The van der Waals surface area contributed by atoms with Crippen LogP contribution in [0.5, 0.6) is 0 Å². The van der Waals surface area contributed by atoms with Gasteiger partial charge < -0.3 is 5.73 Å². The largest absolute Gasteiger partial charge is 0.366 e. The molecule has 138 valence electrons. The summed E-state index contributed by atoms with van der Waals surface area (Å²) in [6, 6.07) is 22.4. The second kappa shape index (κ2) is 7.63. The number of anilines is 1. The summed E-state index contributed by atoms with van der Waals surface area (Å²) in [5, 5.41) is 0. The van der Waals surface area contributed by atoms with Gasteiger partial charge in [0, 0.05) is 5.56 Å². The van der Waals surface area contributed by atoms with E-state index in [9.17, 15) is 13.2 Å². The highest BCUT2D eigenvalue weighted by Crippen LogP contribution is 2.27. The number of hydrogen-bond acceptors (Lipinski definition) is 3. The Morgan fingerprint density at radius 3 is 2.19 bits per heavy atom. The van der Waals surface area contributed by atoms with Gasteiger partial charge >= 0.3 is 0 Å². The Morgan fingerprint density at radius 2 is 1.59 bits per heavy atom. The molecule has 0 aromatic heterocycles. The fourth-order valence-corrected chi connectivity index (χ4v) is 4.21. The van der Waals surface area contributed by atoms with Crippen molar-refractivity contribution in [2.24, 2.45) is 5.73 Å². The van der Waals surface area contributed by atoms with Crippen LogP contribution in [0.4, 0.5) is 5.69 Å². The predicted molar refractivity (Wildman–Crippen MR) is 106 cm³/mol. The summed E-state index contributed by atoms with van der Waals surface area (Å²) in [7, 11) is -3.83. The van der Waals surface area contributed by atoms with Gasteiger partial charge in [-0.15, -0.1) is 0 Å². The number of primary amides is 1. The van der Waals surface area contributed by atoms with Crippen LogP contribution in [0.15, 0.2) is 83.8 Å². The molecule has 3 rings (SSSR count). The maximum atomic E-state index is 13.3. The number of benzene rings is 3. The first-order valence-corrected chi connectivity index (χ1v) is 9.85. The summed E-state index contributed by atoms with van der Waals surface area (Å²) in [4.78, 5) is 11.4. The van der Waals surface area contributed by atoms with E-state index in [1.807, 2.05) is 55.5 Å². The number of rotatable bonds is 6. The van der Waals surface area contributed by atoms with Gasteiger partial charge in [0.15, 0.2) is 0 Å². The quantitative estimate of drug-likeness (QED) is 0.711. The van der Waals surface area contributed by atoms with Gasteiger partial charge in [0.2, 0.25) is 5.91 Å². The van der Waals surface area contributed by atoms with Crippen molar-refractivity contribution in [1.82, 2.24) is 0 Å². The van der Waals surface area contributed by atoms with Crippen molar-refractivity contribution in [3.8, 4) is 0 Å². The lowest BCUT2D eigenvalue weighted by atomic mass is 10.2. The molecule has 6 heteroatoms. The number of hydrogen-bond donors (Lipinski definition) is 1. The molecule has 1 amide bonds. The van der Waals surface area contributed by atoms with E-state index < -0.39 is 15.9 Å². The number of carbonyl (C=O) groups is 1. The van der Waals surface area contributed by atoms with Gasteiger partial charge in [-0.3, -0.25) is 9.10 Å². The van der Waals surface area contributed by atoms with Gasteiger partial charge in [-0.2, -0.15) is 0 Å². The molecular weight excluding hydrogens is 360 g/mol. The minimum atomic E-state index is -3.83. The molecule has 0 radical (unpaired) electrons. The lowest BCUT2D eigenvalue weighted by Crippen LogP contribution is -2.30. The molecule has 0 aliphatic carbocycles. The SMILES string of the molecule is Cc1cccc(N(Cc2ccccc2)S(=O)(=O)c2ccc(C(N)=O)cc2)c1. The number of nitrogens with two attached hydrogens (primary N) is 1. The molecule has 0 aliphatic heterocycles. The van der Waals surface area contributed by atoms with E-state index in [0.29, 0.717) is 5.69 Å². The van der Waals surface area contributed by atoms with Gasteiger partial charge in [0.25, 0.3) is 10.0 Å². The number of nitrogens with zero attached hydrogens (tertiary/aromatic N) is 1. The van der Waals surface area contributed by atoms with Crippen molar-refractivity contribution >= 4 is 21.6 Å².